The number of hydrogen-bond donors (Lipinski definition) is 0. The molecule has 206 valence electrons. The normalized spacial score (nSPS) is 17.9. The molecule has 3 aromatic carbocycles. The van der Waals surface area contributed by atoms with Crippen molar-refractivity contribution in [2.24, 2.45) is 0 Å². The average molecular weight is 537 g/mol. The Morgan fingerprint density at radius 3 is 2.42 bits per heavy atom. The maximum Gasteiger partial charge on any atom is 0.243 e. The Hall–Kier alpha value is -4.13. The molecule has 6 rings (SSSR count). The summed E-state index contributed by atoms with van der Waals surface area (Å²) in [5.74, 6) is 1.63. The minimum atomic E-state index is -0.105. The lowest BCUT2D eigenvalue weighted by Gasteiger charge is -2.35. The molecule has 1 aromatic heterocycles. The SMILES string of the molecule is COc1ccc(N2CC(c3nc4ccccc4n3CC(=O)N(Cc3ccccc3)C3CCCCC3)CC2=O)cc1. The van der Waals surface area contributed by atoms with Gasteiger partial charge >= 0.3 is 0 Å². The highest BCUT2D eigenvalue weighted by atomic mass is 16.5. The molecule has 4 aromatic rings. The highest BCUT2D eigenvalue weighted by Gasteiger charge is 2.36. The number of methoxy groups -OCH3 is 1. The van der Waals surface area contributed by atoms with Crippen LogP contribution in [0.25, 0.3) is 11.0 Å². The molecule has 1 aliphatic carbocycles. The first-order valence-electron chi connectivity index (χ1n) is 14.3. The Morgan fingerprint density at radius 2 is 1.68 bits per heavy atom. The quantitative estimate of drug-likeness (QED) is 0.280. The zero-order valence-corrected chi connectivity index (χ0v) is 23.0. The number of rotatable bonds is 8. The molecule has 1 atom stereocenters. The minimum absolute atomic E-state index is 0.0630. The van der Waals surface area contributed by atoms with Gasteiger partial charge in [0.25, 0.3) is 0 Å². The molecule has 0 N–H and O–H groups in total. The number of anilines is 1. The van der Waals surface area contributed by atoms with Gasteiger partial charge in [0, 0.05) is 37.2 Å². The molecule has 1 aliphatic heterocycles. The van der Waals surface area contributed by atoms with Crippen molar-refractivity contribution >= 4 is 28.5 Å². The minimum Gasteiger partial charge on any atom is -0.497 e. The fourth-order valence-electron chi connectivity index (χ4n) is 6.28. The van der Waals surface area contributed by atoms with Crippen LogP contribution in [0.4, 0.5) is 5.69 Å². The third kappa shape index (κ3) is 5.33. The summed E-state index contributed by atoms with van der Waals surface area (Å²) in [7, 11) is 1.63. The van der Waals surface area contributed by atoms with Crippen molar-refractivity contribution < 1.29 is 14.3 Å². The Morgan fingerprint density at radius 1 is 0.950 bits per heavy atom. The first kappa shape index (κ1) is 26.1. The van der Waals surface area contributed by atoms with Gasteiger partial charge in [0.05, 0.1) is 18.1 Å². The topological polar surface area (TPSA) is 67.7 Å². The van der Waals surface area contributed by atoms with Crippen LogP contribution in [0, 0.1) is 0 Å². The molecule has 1 saturated heterocycles. The van der Waals surface area contributed by atoms with E-state index >= 15 is 0 Å². The molecule has 40 heavy (non-hydrogen) atoms. The van der Waals surface area contributed by atoms with E-state index in [1.807, 2.05) is 71.6 Å². The van der Waals surface area contributed by atoms with Crippen molar-refractivity contribution in [3.63, 3.8) is 0 Å². The first-order valence-corrected chi connectivity index (χ1v) is 14.3. The number of benzene rings is 3. The van der Waals surface area contributed by atoms with Crippen molar-refractivity contribution in [1.29, 1.82) is 0 Å². The van der Waals surface area contributed by atoms with Gasteiger partial charge in [-0.05, 0) is 54.8 Å². The Kier molecular flexibility index (Phi) is 7.53. The standard InChI is InChI=1S/C33H36N4O3/c1-40-28-18-16-27(17-19-28)36-22-25(20-31(36)38)33-34-29-14-8-9-15-30(29)37(33)23-32(39)35(26-12-6-3-7-13-26)21-24-10-4-2-5-11-24/h2,4-5,8-11,14-19,25-26H,3,6-7,12-13,20-23H2,1H3. The summed E-state index contributed by atoms with van der Waals surface area (Å²) in [5.41, 5.74) is 3.78. The van der Waals surface area contributed by atoms with Gasteiger partial charge in [-0.15, -0.1) is 0 Å². The van der Waals surface area contributed by atoms with E-state index in [0.717, 1.165) is 59.5 Å². The van der Waals surface area contributed by atoms with Crippen LogP contribution in [0.1, 0.15) is 55.8 Å². The molecular formula is C33H36N4O3. The van der Waals surface area contributed by atoms with Crippen LogP contribution in [0.15, 0.2) is 78.9 Å². The number of ether oxygens (including phenoxy) is 1. The zero-order valence-electron chi connectivity index (χ0n) is 23.0. The second-order valence-electron chi connectivity index (χ2n) is 10.9. The summed E-state index contributed by atoms with van der Waals surface area (Å²) in [5, 5.41) is 0. The molecular weight excluding hydrogens is 500 g/mol. The largest absolute Gasteiger partial charge is 0.497 e. The molecule has 7 heteroatoms. The van der Waals surface area contributed by atoms with E-state index in [9.17, 15) is 9.59 Å². The molecule has 0 spiro atoms. The summed E-state index contributed by atoms with van der Waals surface area (Å²) in [6.07, 6.45) is 6.01. The van der Waals surface area contributed by atoms with Crippen LogP contribution in [0.5, 0.6) is 5.75 Å². The van der Waals surface area contributed by atoms with E-state index in [-0.39, 0.29) is 30.3 Å². The van der Waals surface area contributed by atoms with Crippen LogP contribution in [0.2, 0.25) is 0 Å². The summed E-state index contributed by atoms with van der Waals surface area (Å²) >= 11 is 0. The molecule has 2 fully saturated rings. The van der Waals surface area contributed by atoms with Crippen LogP contribution < -0.4 is 9.64 Å². The molecule has 2 amide bonds. The maximum absolute atomic E-state index is 14.1. The van der Waals surface area contributed by atoms with E-state index < -0.39 is 0 Å². The number of nitrogens with zero attached hydrogens (tertiary/aromatic N) is 4. The highest BCUT2D eigenvalue weighted by Crippen LogP contribution is 2.34. The summed E-state index contributed by atoms with van der Waals surface area (Å²) in [4.78, 5) is 36.2. The summed E-state index contributed by atoms with van der Waals surface area (Å²) in [6, 6.07) is 26.1. The third-order valence-electron chi connectivity index (χ3n) is 8.38. The van der Waals surface area contributed by atoms with Gasteiger partial charge in [-0.1, -0.05) is 61.7 Å². The van der Waals surface area contributed by atoms with E-state index in [4.69, 9.17) is 9.72 Å². The number of fused-ring (bicyclic) bond motifs is 1. The van der Waals surface area contributed by atoms with Gasteiger partial charge in [0.1, 0.15) is 18.1 Å². The molecule has 1 unspecified atom stereocenters. The predicted molar refractivity (Wildman–Crippen MR) is 156 cm³/mol. The number of aromatic nitrogens is 2. The van der Waals surface area contributed by atoms with Crippen molar-refractivity contribution in [1.82, 2.24) is 14.5 Å². The Balaban J connectivity index is 1.30. The molecule has 0 radical (unpaired) electrons. The lowest BCUT2D eigenvalue weighted by Crippen LogP contribution is -2.42. The lowest BCUT2D eigenvalue weighted by atomic mass is 9.93. The van der Waals surface area contributed by atoms with Crippen molar-refractivity contribution in [2.75, 3.05) is 18.6 Å². The molecule has 2 heterocycles. The molecule has 1 saturated carbocycles. The number of carbonyl (C=O) groups is 2. The Bertz CT molecular complexity index is 1470. The monoisotopic (exact) mass is 536 g/mol. The predicted octanol–water partition coefficient (Wildman–Crippen LogP) is 5.93. The smallest absolute Gasteiger partial charge is 0.243 e. The first-order chi connectivity index (χ1) is 19.6. The average Bonchev–Trinajstić information content (AvgIpc) is 3.57. The van der Waals surface area contributed by atoms with Crippen molar-refractivity contribution in [3.05, 3.63) is 90.3 Å². The van der Waals surface area contributed by atoms with Gasteiger partial charge < -0.3 is 19.1 Å². The number of para-hydroxylation sites is 2. The third-order valence-corrected chi connectivity index (χ3v) is 8.38. The van der Waals surface area contributed by atoms with Crippen LogP contribution in [-0.2, 0) is 22.7 Å². The second kappa shape index (κ2) is 11.5. The molecule has 2 aliphatic rings. The van der Waals surface area contributed by atoms with Gasteiger partial charge in [-0.25, -0.2) is 4.98 Å². The van der Waals surface area contributed by atoms with Gasteiger partial charge in [0.2, 0.25) is 11.8 Å². The highest BCUT2D eigenvalue weighted by molar-refractivity contribution is 5.96. The Labute approximate surface area is 235 Å². The maximum atomic E-state index is 14.1. The van der Waals surface area contributed by atoms with Crippen molar-refractivity contribution in [3.8, 4) is 5.75 Å². The number of carbonyl (C=O) groups excluding carboxylic acids is 2. The zero-order chi connectivity index (χ0) is 27.5. The van der Waals surface area contributed by atoms with E-state index in [0.29, 0.717) is 19.5 Å². The summed E-state index contributed by atoms with van der Waals surface area (Å²) in [6.45, 7) is 1.35. The van der Waals surface area contributed by atoms with E-state index in [1.54, 1.807) is 7.11 Å². The van der Waals surface area contributed by atoms with Crippen LogP contribution >= 0.6 is 0 Å². The van der Waals surface area contributed by atoms with Gasteiger partial charge in [-0.2, -0.15) is 0 Å². The second-order valence-corrected chi connectivity index (χ2v) is 10.9. The van der Waals surface area contributed by atoms with E-state index in [1.165, 1.54) is 6.42 Å². The lowest BCUT2D eigenvalue weighted by molar-refractivity contribution is -0.135. The fraction of sp³-hybridized carbons (Fsp3) is 0.364. The summed E-state index contributed by atoms with van der Waals surface area (Å²) < 4.78 is 7.35. The van der Waals surface area contributed by atoms with Crippen LogP contribution in [0.3, 0.4) is 0 Å². The number of amides is 2. The van der Waals surface area contributed by atoms with E-state index in [2.05, 4.69) is 21.6 Å². The van der Waals surface area contributed by atoms with Crippen molar-refractivity contribution in [2.45, 2.75) is 63.6 Å². The van der Waals surface area contributed by atoms with Gasteiger partial charge in [0.15, 0.2) is 0 Å². The molecule has 0 bridgehead atoms. The number of imidazole rings is 1. The fourth-order valence-corrected chi connectivity index (χ4v) is 6.28. The molecule has 7 nitrogen and oxygen atoms in total. The van der Waals surface area contributed by atoms with Gasteiger partial charge in [-0.3, -0.25) is 9.59 Å². The number of hydrogen-bond acceptors (Lipinski definition) is 4. The van der Waals surface area contributed by atoms with Crippen LogP contribution in [-0.4, -0.2) is 46.0 Å².